The fourth-order valence-corrected chi connectivity index (χ4v) is 6.42. The summed E-state index contributed by atoms with van der Waals surface area (Å²) in [4.78, 5) is 40.5. The third-order valence-electron chi connectivity index (χ3n) is 7.02. The Bertz CT molecular complexity index is 1540. The van der Waals surface area contributed by atoms with Gasteiger partial charge in [-0.2, -0.15) is 13.2 Å². The van der Waals surface area contributed by atoms with Crippen molar-refractivity contribution in [2.45, 2.75) is 55.6 Å². The number of halogens is 4. The maximum atomic E-state index is 14.1. The number of esters is 1. The van der Waals surface area contributed by atoms with Gasteiger partial charge in [0, 0.05) is 34.4 Å². The van der Waals surface area contributed by atoms with Gasteiger partial charge in [0.15, 0.2) is 5.69 Å². The van der Waals surface area contributed by atoms with E-state index in [1.165, 1.54) is 10.9 Å². The van der Waals surface area contributed by atoms with Crippen molar-refractivity contribution in [1.82, 2.24) is 9.58 Å². The quantitative estimate of drug-likeness (QED) is 0.344. The molecule has 12 heteroatoms. The Morgan fingerprint density at radius 2 is 1.85 bits per heavy atom. The first kappa shape index (κ1) is 28.1. The summed E-state index contributed by atoms with van der Waals surface area (Å²) >= 11 is 8.15. The second-order valence-electron chi connectivity index (χ2n) is 9.54. The van der Waals surface area contributed by atoms with Crippen molar-refractivity contribution < 1.29 is 27.5 Å². The van der Waals surface area contributed by atoms with E-state index in [9.17, 15) is 27.6 Å². The Balaban J connectivity index is 1.78. The molecule has 0 unspecified atom stereocenters. The summed E-state index contributed by atoms with van der Waals surface area (Å²) in [6.07, 6.45) is -3.04. The maximum absolute atomic E-state index is 14.1. The predicted molar refractivity (Wildman–Crippen MR) is 145 cm³/mol. The van der Waals surface area contributed by atoms with Crippen molar-refractivity contribution in [3.8, 4) is 5.75 Å². The van der Waals surface area contributed by atoms with Crippen molar-refractivity contribution in [3.05, 3.63) is 92.4 Å². The van der Waals surface area contributed by atoms with Crippen LogP contribution in [0.4, 0.5) is 13.2 Å². The number of fused-ring (bicyclic) bond motifs is 3. The molecule has 3 heterocycles. The summed E-state index contributed by atoms with van der Waals surface area (Å²) in [7, 11) is 0. The first-order chi connectivity index (χ1) is 19.0. The van der Waals surface area contributed by atoms with Crippen molar-refractivity contribution >= 4 is 35.2 Å². The van der Waals surface area contributed by atoms with Gasteiger partial charge in [0.05, 0.1) is 6.04 Å². The van der Waals surface area contributed by atoms with E-state index in [0.29, 0.717) is 22.1 Å². The van der Waals surface area contributed by atoms with Gasteiger partial charge in [-0.25, -0.2) is 0 Å². The molecule has 210 valence electrons. The number of amides is 1. The number of alkyl halides is 3. The average Bonchev–Trinajstić information content (AvgIpc) is 3.07. The maximum Gasteiger partial charge on any atom is 0.408 e. The molecule has 2 aliphatic heterocycles. The number of carbonyl (C=O) groups is 2. The van der Waals surface area contributed by atoms with E-state index in [4.69, 9.17) is 16.3 Å². The molecule has 0 N–H and O–H groups in total. The van der Waals surface area contributed by atoms with Crippen LogP contribution in [0.1, 0.15) is 59.9 Å². The molecule has 3 aromatic rings. The topological polar surface area (TPSA) is 71.8 Å². The highest BCUT2D eigenvalue weighted by atomic mass is 35.5. The number of benzene rings is 2. The monoisotopic (exact) mass is 591 g/mol. The summed E-state index contributed by atoms with van der Waals surface area (Å²) in [5, 5.41) is 2.08. The number of rotatable bonds is 5. The molecule has 0 spiro atoms. The molecule has 2 atom stereocenters. The second-order valence-corrected chi connectivity index (χ2v) is 11.0. The van der Waals surface area contributed by atoms with Crippen molar-refractivity contribution in [3.63, 3.8) is 0 Å². The SMILES string of the molecule is CCCC(=O)Oc1c2n(ccc1=O)N([C@@H]1c3ccccc3SCc3c(Cl)cccc31)CN([C@H](C)C(F)(F)F)C2=O. The van der Waals surface area contributed by atoms with E-state index in [2.05, 4.69) is 0 Å². The van der Waals surface area contributed by atoms with Crippen LogP contribution < -0.4 is 15.2 Å². The highest BCUT2D eigenvalue weighted by Gasteiger charge is 2.48. The van der Waals surface area contributed by atoms with E-state index in [1.807, 2.05) is 30.3 Å². The Morgan fingerprint density at radius 3 is 2.58 bits per heavy atom. The highest BCUT2D eigenvalue weighted by molar-refractivity contribution is 7.98. The van der Waals surface area contributed by atoms with Gasteiger partial charge in [-0.15, -0.1) is 11.8 Å². The average molecular weight is 592 g/mol. The number of thioether (sulfide) groups is 1. The lowest BCUT2D eigenvalue weighted by Crippen LogP contribution is -2.60. The molecule has 0 radical (unpaired) electrons. The van der Waals surface area contributed by atoms with Crippen LogP contribution in [0.25, 0.3) is 0 Å². The van der Waals surface area contributed by atoms with Gasteiger partial charge in [-0.1, -0.05) is 48.9 Å². The molecular formula is C28H25ClF3N3O4S. The summed E-state index contributed by atoms with van der Waals surface area (Å²) in [6, 6.07) is 11.1. The molecule has 1 aromatic heterocycles. The predicted octanol–water partition coefficient (Wildman–Crippen LogP) is 5.90. The Labute approximate surface area is 237 Å². The molecule has 0 bridgehead atoms. The van der Waals surface area contributed by atoms with Crippen LogP contribution in [0.2, 0.25) is 5.02 Å². The largest absolute Gasteiger partial charge is 0.420 e. The Hall–Kier alpha value is -3.44. The van der Waals surface area contributed by atoms with Crippen LogP contribution in [0, 0.1) is 0 Å². The zero-order valence-electron chi connectivity index (χ0n) is 21.6. The third-order valence-corrected chi connectivity index (χ3v) is 8.49. The fourth-order valence-electron chi connectivity index (χ4n) is 4.95. The van der Waals surface area contributed by atoms with Crippen molar-refractivity contribution in [2.75, 3.05) is 11.7 Å². The van der Waals surface area contributed by atoms with Crippen molar-refractivity contribution in [2.24, 2.45) is 0 Å². The molecule has 7 nitrogen and oxygen atoms in total. The van der Waals surface area contributed by atoms with Gasteiger partial charge >= 0.3 is 12.1 Å². The smallest absolute Gasteiger partial charge is 0.408 e. The van der Waals surface area contributed by atoms with Gasteiger partial charge in [-0.3, -0.25) is 24.1 Å². The third kappa shape index (κ3) is 4.96. The number of aromatic nitrogens is 1. The van der Waals surface area contributed by atoms with Crippen LogP contribution in [0.15, 0.2) is 64.4 Å². The molecule has 5 rings (SSSR count). The first-order valence-electron chi connectivity index (χ1n) is 12.6. The molecule has 40 heavy (non-hydrogen) atoms. The summed E-state index contributed by atoms with van der Waals surface area (Å²) in [5.41, 5.74) is 1.10. The van der Waals surface area contributed by atoms with Gasteiger partial charge in [0.2, 0.25) is 11.2 Å². The highest BCUT2D eigenvalue weighted by Crippen LogP contribution is 2.45. The van der Waals surface area contributed by atoms with Crippen LogP contribution in [-0.4, -0.2) is 40.3 Å². The lowest BCUT2D eigenvalue weighted by atomic mass is 9.94. The van der Waals surface area contributed by atoms with Gasteiger partial charge in [0.25, 0.3) is 5.91 Å². The van der Waals surface area contributed by atoms with Crippen LogP contribution >= 0.6 is 23.4 Å². The normalized spacial score (nSPS) is 17.4. The summed E-state index contributed by atoms with van der Waals surface area (Å²) in [6.45, 7) is 2.16. The molecular weight excluding hydrogens is 567 g/mol. The number of hydrogen-bond acceptors (Lipinski definition) is 6. The van der Waals surface area contributed by atoms with Gasteiger partial charge in [-0.05, 0) is 42.2 Å². The standard InChI is InChI=1S/C28H25ClF3N3O4S/c1-3-7-23(37)39-26-21(36)12-13-34-25(26)27(38)33(16(2)28(30,31)32)15-35(34)24-17-9-6-10-20(29)19(17)14-40-22-11-5-4-8-18(22)24/h4-6,8-13,16,24H,3,7,14-15H2,1-2H3/t16-,24+/m1/s1. The molecule has 0 fully saturated rings. The van der Waals surface area contributed by atoms with E-state index in [1.54, 1.807) is 35.8 Å². The molecule has 2 aliphatic rings. The minimum atomic E-state index is -4.75. The second kappa shape index (κ2) is 10.9. The minimum Gasteiger partial charge on any atom is -0.420 e. The summed E-state index contributed by atoms with van der Waals surface area (Å²) < 4.78 is 48.8. The Morgan fingerprint density at radius 1 is 1.12 bits per heavy atom. The van der Waals surface area contributed by atoms with Crippen LogP contribution in [0.5, 0.6) is 5.75 Å². The molecule has 1 amide bonds. The molecule has 0 aliphatic carbocycles. The zero-order chi connectivity index (χ0) is 28.8. The van der Waals surface area contributed by atoms with E-state index in [0.717, 1.165) is 34.6 Å². The minimum absolute atomic E-state index is 0.0343. The van der Waals surface area contributed by atoms with Crippen LogP contribution in [-0.2, 0) is 10.5 Å². The fraction of sp³-hybridized carbons (Fsp3) is 0.321. The number of pyridine rings is 1. The number of carbonyl (C=O) groups excluding carboxylic acids is 2. The lowest BCUT2D eigenvalue weighted by Gasteiger charge is -2.46. The van der Waals surface area contributed by atoms with Gasteiger partial charge in [0.1, 0.15) is 12.7 Å². The molecule has 2 aromatic carbocycles. The van der Waals surface area contributed by atoms with E-state index < -0.39 is 53.7 Å². The number of nitrogens with zero attached hydrogens (tertiary/aromatic N) is 3. The first-order valence-corrected chi connectivity index (χ1v) is 14.0. The van der Waals surface area contributed by atoms with Gasteiger partial charge < -0.3 is 9.64 Å². The Kier molecular flexibility index (Phi) is 7.62. The van der Waals surface area contributed by atoms with E-state index >= 15 is 0 Å². The summed E-state index contributed by atoms with van der Waals surface area (Å²) in [5.74, 6) is -1.91. The zero-order valence-corrected chi connectivity index (χ0v) is 23.1. The number of ether oxygens (including phenoxy) is 1. The van der Waals surface area contributed by atoms with Crippen LogP contribution in [0.3, 0.4) is 0 Å². The molecule has 0 saturated carbocycles. The van der Waals surface area contributed by atoms with E-state index in [-0.39, 0.29) is 6.42 Å². The van der Waals surface area contributed by atoms with Crippen molar-refractivity contribution in [1.29, 1.82) is 0 Å². The molecule has 0 saturated heterocycles. The number of hydrogen-bond donors (Lipinski definition) is 0. The lowest BCUT2D eigenvalue weighted by molar-refractivity contribution is -0.173.